The zero-order chi connectivity index (χ0) is 16.2. The van der Waals surface area contributed by atoms with E-state index in [2.05, 4.69) is 15.6 Å². The smallest absolute Gasteiger partial charge is 0.255 e. The van der Waals surface area contributed by atoms with E-state index in [1.54, 1.807) is 24.4 Å². The number of aromatic nitrogens is 1. The average molecular weight is 350 g/mol. The Balaban J connectivity index is 1.62. The summed E-state index contributed by atoms with van der Waals surface area (Å²) in [7, 11) is 0. The van der Waals surface area contributed by atoms with Crippen molar-refractivity contribution >= 4 is 40.6 Å². The van der Waals surface area contributed by atoms with E-state index in [4.69, 9.17) is 23.2 Å². The lowest BCUT2D eigenvalue weighted by molar-refractivity contribution is 0.102. The number of nitrogens with zero attached hydrogens (tertiary/aromatic N) is 1. The summed E-state index contributed by atoms with van der Waals surface area (Å²) in [5, 5.41) is 6.98. The van der Waals surface area contributed by atoms with Gasteiger partial charge in [0.05, 0.1) is 21.9 Å². The number of halogens is 2. The van der Waals surface area contributed by atoms with Gasteiger partial charge in [0.25, 0.3) is 5.91 Å². The maximum absolute atomic E-state index is 12.2. The summed E-state index contributed by atoms with van der Waals surface area (Å²) in [6.07, 6.45) is 6.58. The van der Waals surface area contributed by atoms with Crippen LogP contribution in [0.4, 0.5) is 11.5 Å². The first-order valence-electron chi connectivity index (χ1n) is 7.61. The summed E-state index contributed by atoms with van der Waals surface area (Å²) in [6, 6.07) is 9.00. The number of nitrogens with one attached hydrogen (secondary N) is 2. The summed E-state index contributed by atoms with van der Waals surface area (Å²) in [6.45, 7) is 0. The molecule has 1 aliphatic rings. The first-order chi connectivity index (χ1) is 11.1. The van der Waals surface area contributed by atoms with Gasteiger partial charge in [0, 0.05) is 11.6 Å². The number of carbonyl (C=O) groups excluding carboxylic acids is 1. The standard InChI is InChI=1S/C17H17Cl2N3O/c18-14-7-5-11(9-15(14)19)17(23)22-13-6-8-16(20-10-13)21-12-3-1-2-4-12/h5-10,12H,1-4H2,(H,20,21)(H,22,23). The summed E-state index contributed by atoms with van der Waals surface area (Å²) in [5.41, 5.74) is 1.09. The number of hydrogen-bond donors (Lipinski definition) is 2. The van der Waals surface area contributed by atoms with E-state index in [1.807, 2.05) is 12.1 Å². The third-order valence-electron chi connectivity index (χ3n) is 3.91. The zero-order valence-electron chi connectivity index (χ0n) is 12.5. The van der Waals surface area contributed by atoms with Crippen LogP contribution < -0.4 is 10.6 Å². The molecule has 2 aromatic rings. The van der Waals surface area contributed by atoms with E-state index in [0.717, 1.165) is 5.82 Å². The van der Waals surface area contributed by atoms with Crippen LogP contribution >= 0.6 is 23.2 Å². The summed E-state index contributed by atoms with van der Waals surface area (Å²) < 4.78 is 0. The normalized spacial score (nSPS) is 14.7. The number of rotatable bonds is 4. The van der Waals surface area contributed by atoms with E-state index in [0.29, 0.717) is 27.3 Å². The molecule has 6 heteroatoms. The molecule has 0 atom stereocenters. The van der Waals surface area contributed by atoms with Crippen LogP contribution in [0.15, 0.2) is 36.5 Å². The van der Waals surface area contributed by atoms with Gasteiger partial charge in [-0.1, -0.05) is 36.0 Å². The Kier molecular flexibility index (Phi) is 5.03. The van der Waals surface area contributed by atoms with Gasteiger partial charge in [-0.15, -0.1) is 0 Å². The summed E-state index contributed by atoms with van der Waals surface area (Å²) in [4.78, 5) is 16.5. The molecule has 23 heavy (non-hydrogen) atoms. The molecule has 0 aliphatic heterocycles. The fraction of sp³-hybridized carbons (Fsp3) is 0.294. The molecule has 1 heterocycles. The van der Waals surface area contributed by atoms with Gasteiger partial charge in [0.2, 0.25) is 0 Å². The third kappa shape index (κ3) is 4.15. The SMILES string of the molecule is O=C(Nc1ccc(NC2CCCC2)nc1)c1ccc(Cl)c(Cl)c1. The molecule has 0 radical (unpaired) electrons. The van der Waals surface area contributed by atoms with Crippen LogP contribution in [0.3, 0.4) is 0 Å². The van der Waals surface area contributed by atoms with E-state index in [9.17, 15) is 4.79 Å². The number of anilines is 2. The number of benzene rings is 1. The highest BCUT2D eigenvalue weighted by Gasteiger charge is 2.15. The number of pyridine rings is 1. The Labute approximate surface area is 145 Å². The van der Waals surface area contributed by atoms with Crippen molar-refractivity contribution in [3.8, 4) is 0 Å². The van der Waals surface area contributed by atoms with Crippen molar-refractivity contribution in [1.29, 1.82) is 0 Å². The van der Waals surface area contributed by atoms with Crippen molar-refractivity contribution in [3.63, 3.8) is 0 Å². The average Bonchev–Trinajstić information content (AvgIpc) is 3.05. The Hall–Kier alpha value is -1.78. The minimum atomic E-state index is -0.248. The number of amides is 1. The fourth-order valence-electron chi connectivity index (χ4n) is 2.67. The molecule has 0 unspecified atom stereocenters. The summed E-state index contributed by atoms with van der Waals surface area (Å²) in [5.74, 6) is 0.589. The fourth-order valence-corrected chi connectivity index (χ4v) is 2.97. The van der Waals surface area contributed by atoms with Crippen molar-refractivity contribution < 1.29 is 4.79 Å². The predicted molar refractivity (Wildman–Crippen MR) is 94.5 cm³/mol. The molecule has 1 saturated carbocycles. The van der Waals surface area contributed by atoms with Crippen LogP contribution in [0.5, 0.6) is 0 Å². The van der Waals surface area contributed by atoms with Gasteiger partial charge in [-0.25, -0.2) is 4.98 Å². The second-order valence-electron chi connectivity index (χ2n) is 5.64. The van der Waals surface area contributed by atoms with Crippen molar-refractivity contribution in [2.75, 3.05) is 10.6 Å². The molecule has 3 rings (SSSR count). The molecule has 1 fully saturated rings. The van der Waals surface area contributed by atoms with Gasteiger partial charge >= 0.3 is 0 Å². The molecule has 1 aliphatic carbocycles. The van der Waals surface area contributed by atoms with Crippen molar-refractivity contribution in [2.45, 2.75) is 31.7 Å². The van der Waals surface area contributed by atoms with E-state index in [-0.39, 0.29) is 5.91 Å². The monoisotopic (exact) mass is 349 g/mol. The van der Waals surface area contributed by atoms with Gasteiger partial charge in [-0.3, -0.25) is 4.79 Å². The quantitative estimate of drug-likeness (QED) is 0.816. The van der Waals surface area contributed by atoms with Crippen molar-refractivity contribution in [2.24, 2.45) is 0 Å². The van der Waals surface area contributed by atoms with Crippen molar-refractivity contribution in [3.05, 3.63) is 52.1 Å². The van der Waals surface area contributed by atoms with E-state index >= 15 is 0 Å². The van der Waals surface area contributed by atoms with Gasteiger partial charge in [-0.2, -0.15) is 0 Å². The van der Waals surface area contributed by atoms with Crippen molar-refractivity contribution in [1.82, 2.24) is 4.98 Å². The largest absolute Gasteiger partial charge is 0.367 e. The Morgan fingerprint density at radius 2 is 1.87 bits per heavy atom. The molecule has 120 valence electrons. The number of hydrogen-bond acceptors (Lipinski definition) is 3. The predicted octanol–water partition coefficient (Wildman–Crippen LogP) is 5.00. The molecule has 1 amide bonds. The molecule has 2 N–H and O–H groups in total. The van der Waals surface area contributed by atoms with Crippen LogP contribution in [0, 0.1) is 0 Å². The van der Waals surface area contributed by atoms with Crippen LogP contribution in [-0.2, 0) is 0 Å². The molecule has 0 saturated heterocycles. The minimum absolute atomic E-state index is 0.248. The van der Waals surface area contributed by atoms with Gasteiger partial charge in [0.15, 0.2) is 0 Å². The molecule has 4 nitrogen and oxygen atoms in total. The Morgan fingerprint density at radius 3 is 2.52 bits per heavy atom. The number of carbonyl (C=O) groups is 1. The lowest BCUT2D eigenvalue weighted by Gasteiger charge is -2.13. The lowest BCUT2D eigenvalue weighted by Crippen LogP contribution is -2.16. The van der Waals surface area contributed by atoms with Crippen LogP contribution in [-0.4, -0.2) is 16.9 Å². The van der Waals surface area contributed by atoms with Gasteiger partial charge < -0.3 is 10.6 Å². The maximum atomic E-state index is 12.2. The first-order valence-corrected chi connectivity index (χ1v) is 8.36. The molecular weight excluding hydrogens is 333 g/mol. The molecule has 1 aromatic carbocycles. The van der Waals surface area contributed by atoms with E-state index < -0.39 is 0 Å². The molecule has 1 aromatic heterocycles. The maximum Gasteiger partial charge on any atom is 0.255 e. The second-order valence-corrected chi connectivity index (χ2v) is 6.46. The van der Waals surface area contributed by atoms with Crippen LogP contribution in [0.1, 0.15) is 36.0 Å². The highest BCUT2D eigenvalue weighted by molar-refractivity contribution is 6.42. The van der Waals surface area contributed by atoms with Crippen LogP contribution in [0.25, 0.3) is 0 Å². The molecular formula is C17H17Cl2N3O. The highest BCUT2D eigenvalue weighted by Crippen LogP contribution is 2.24. The highest BCUT2D eigenvalue weighted by atomic mass is 35.5. The first kappa shape index (κ1) is 16.1. The summed E-state index contributed by atoms with van der Waals surface area (Å²) >= 11 is 11.8. The lowest BCUT2D eigenvalue weighted by atomic mass is 10.2. The Bertz CT molecular complexity index is 697. The van der Waals surface area contributed by atoms with E-state index in [1.165, 1.54) is 25.7 Å². The van der Waals surface area contributed by atoms with Crippen LogP contribution in [0.2, 0.25) is 10.0 Å². The topological polar surface area (TPSA) is 54.0 Å². The van der Waals surface area contributed by atoms with Gasteiger partial charge in [-0.05, 0) is 43.2 Å². The third-order valence-corrected chi connectivity index (χ3v) is 4.65. The Morgan fingerprint density at radius 1 is 1.09 bits per heavy atom. The van der Waals surface area contributed by atoms with Gasteiger partial charge in [0.1, 0.15) is 5.82 Å². The minimum Gasteiger partial charge on any atom is -0.367 e. The molecule has 0 spiro atoms. The molecule has 0 bridgehead atoms. The second kappa shape index (κ2) is 7.20. The zero-order valence-corrected chi connectivity index (χ0v) is 14.0.